The Hall–Kier alpha value is -2.37. The second-order valence-electron chi connectivity index (χ2n) is 5.56. The molecule has 0 atom stereocenters. The van der Waals surface area contributed by atoms with Gasteiger partial charge in [-0.25, -0.2) is 0 Å². The maximum Gasteiger partial charge on any atom is 0.452 e. The molecule has 1 fully saturated rings. The summed E-state index contributed by atoms with van der Waals surface area (Å²) in [6.07, 6.45) is -0.639. The molecule has 0 amide bonds. The van der Waals surface area contributed by atoms with Gasteiger partial charge >= 0.3 is 6.18 Å². The molecule has 3 aromatic rings. The van der Waals surface area contributed by atoms with Crippen LogP contribution in [0.2, 0.25) is 0 Å². The van der Waals surface area contributed by atoms with E-state index in [-0.39, 0.29) is 5.65 Å². The van der Waals surface area contributed by atoms with Crippen LogP contribution in [-0.4, -0.2) is 14.6 Å². The summed E-state index contributed by atoms with van der Waals surface area (Å²) in [5, 5.41) is 6.79. The van der Waals surface area contributed by atoms with Crippen molar-refractivity contribution in [1.29, 1.82) is 0 Å². The van der Waals surface area contributed by atoms with Gasteiger partial charge in [0.05, 0.1) is 0 Å². The maximum atomic E-state index is 12.9. The highest BCUT2D eigenvalue weighted by molar-refractivity contribution is 5.65. The molecule has 0 spiro atoms. The number of alkyl halides is 3. The summed E-state index contributed by atoms with van der Waals surface area (Å²) in [7, 11) is 0. The Morgan fingerprint density at radius 1 is 0.909 bits per heavy atom. The van der Waals surface area contributed by atoms with Crippen LogP contribution in [-0.2, 0) is 6.18 Å². The van der Waals surface area contributed by atoms with Crippen molar-refractivity contribution in [2.45, 2.75) is 24.9 Å². The summed E-state index contributed by atoms with van der Waals surface area (Å²) in [6.45, 7) is 0. The van der Waals surface area contributed by atoms with E-state index in [0.29, 0.717) is 11.5 Å². The quantitative estimate of drug-likeness (QED) is 0.707. The molecule has 0 aliphatic heterocycles. The number of nitrogens with zero attached hydrogens (tertiary/aromatic N) is 3. The molecule has 1 aliphatic carbocycles. The summed E-state index contributed by atoms with van der Waals surface area (Å²) < 4.78 is 39.7. The Morgan fingerprint density at radius 2 is 1.59 bits per heavy atom. The van der Waals surface area contributed by atoms with E-state index in [1.54, 1.807) is 12.1 Å². The van der Waals surface area contributed by atoms with Crippen molar-refractivity contribution >= 4 is 5.65 Å². The third-order valence-electron chi connectivity index (χ3n) is 3.95. The van der Waals surface area contributed by atoms with Crippen molar-refractivity contribution in [3.05, 3.63) is 54.0 Å². The first-order chi connectivity index (χ1) is 10.5. The van der Waals surface area contributed by atoms with E-state index >= 15 is 0 Å². The predicted molar refractivity (Wildman–Crippen MR) is 75.4 cm³/mol. The molecule has 6 heteroatoms. The molecule has 0 radical (unpaired) electrons. The van der Waals surface area contributed by atoms with Crippen molar-refractivity contribution in [2.24, 2.45) is 0 Å². The molecule has 3 nitrogen and oxygen atoms in total. The molecular formula is C16H12F3N3. The van der Waals surface area contributed by atoms with Crippen LogP contribution in [0.25, 0.3) is 16.8 Å². The molecule has 1 saturated carbocycles. The van der Waals surface area contributed by atoms with E-state index in [4.69, 9.17) is 0 Å². The number of fused-ring (bicyclic) bond motifs is 1. The second-order valence-corrected chi connectivity index (χ2v) is 5.56. The van der Waals surface area contributed by atoms with Crippen LogP contribution < -0.4 is 0 Å². The highest BCUT2D eigenvalue weighted by Crippen LogP contribution is 2.40. The Kier molecular flexibility index (Phi) is 2.76. The molecule has 0 N–H and O–H groups in total. The van der Waals surface area contributed by atoms with E-state index in [9.17, 15) is 13.2 Å². The number of hydrogen-bond donors (Lipinski definition) is 0. The molecule has 112 valence electrons. The lowest BCUT2D eigenvalue weighted by Gasteiger charge is -2.07. The highest BCUT2D eigenvalue weighted by atomic mass is 19.4. The number of benzene rings is 1. The normalized spacial score (nSPS) is 15.4. The topological polar surface area (TPSA) is 30.2 Å². The fourth-order valence-electron chi connectivity index (χ4n) is 2.62. The zero-order valence-corrected chi connectivity index (χ0v) is 11.5. The largest absolute Gasteiger partial charge is 0.452 e. The number of aromatic nitrogens is 3. The first-order valence-electron chi connectivity index (χ1n) is 7.05. The van der Waals surface area contributed by atoms with Crippen molar-refractivity contribution in [1.82, 2.24) is 14.6 Å². The molecule has 1 aliphatic rings. The second kappa shape index (κ2) is 4.56. The Balaban J connectivity index is 1.77. The fourth-order valence-corrected chi connectivity index (χ4v) is 2.62. The SMILES string of the molecule is FC(F)(F)c1nnc2ccc(-c3ccc(C4CC4)cc3)cn12. The summed E-state index contributed by atoms with van der Waals surface area (Å²) >= 11 is 0. The van der Waals surface area contributed by atoms with Crippen molar-refractivity contribution in [3.63, 3.8) is 0 Å². The van der Waals surface area contributed by atoms with Gasteiger partial charge in [0.15, 0.2) is 5.65 Å². The Labute approximate surface area is 124 Å². The molecule has 4 rings (SSSR count). The molecule has 0 saturated heterocycles. The summed E-state index contributed by atoms with van der Waals surface area (Å²) in [5.74, 6) is -0.342. The van der Waals surface area contributed by atoms with Gasteiger partial charge in [0.2, 0.25) is 5.82 Å². The lowest BCUT2D eigenvalue weighted by molar-refractivity contribution is -0.145. The van der Waals surface area contributed by atoms with Crippen LogP contribution in [0.4, 0.5) is 13.2 Å². The van der Waals surface area contributed by atoms with Gasteiger partial charge in [0, 0.05) is 6.20 Å². The van der Waals surface area contributed by atoms with Crippen molar-refractivity contribution < 1.29 is 13.2 Å². The third-order valence-corrected chi connectivity index (χ3v) is 3.95. The highest BCUT2D eigenvalue weighted by Gasteiger charge is 2.36. The number of pyridine rings is 1. The van der Waals surface area contributed by atoms with E-state index in [2.05, 4.69) is 10.2 Å². The predicted octanol–water partition coefficient (Wildman–Crippen LogP) is 4.29. The average Bonchev–Trinajstić information content (AvgIpc) is 3.25. The maximum absolute atomic E-state index is 12.9. The van der Waals surface area contributed by atoms with Crippen LogP contribution in [0.3, 0.4) is 0 Å². The van der Waals surface area contributed by atoms with Gasteiger partial charge in [-0.05, 0) is 47.6 Å². The van der Waals surface area contributed by atoms with Gasteiger partial charge in [0.1, 0.15) is 0 Å². The molecule has 0 unspecified atom stereocenters. The summed E-state index contributed by atoms with van der Waals surface area (Å²) in [5.41, 5.74) is 3.07. The Bertz CT molecular complexity index is 830. The minimum atomic E-state index is -4.52. The fraction of sp³-hybridized carbons (Fsp3) is 0.250. The van der Waals surface area contributed by atoms with E-state index < -0.39 is 12.0 Å². The molecule has 2 heterocycles. The molecule has 2 aromatic heterocycles. The standard InChI is InChI=1S/C16H12F3N3/c17-16(18,19)15-21-20-14-8-7-13(9-22(14)15)12-5-3-11(4-6-12)10-1-2-10/h3-10H,1-2H2. The van der Waals surface area contributed by atoms with Crippen LogP contribution in [0.1, 0.15) is 30.1 Å². The minimum absolute atomic E-state index is 0.186. The summed E-state index contributed by atoms with van der Waals surface area (Å²) in [6, 6.07) is 11.3. The molecule has 0 bridgehead atoms. The number of hydrogen-bond acceptors (Lipinski definition) is 2. The van der Waals surface area contributed by atoms with Gasteiger partial charge in [-0.3, -0.25) is 4.40 Å². The minimum Gasteiger partial charge on any atom is -0.278 e. The zero-order chi connectivity index (χ0) is 15.3. The zero-order valence-electron chi connectivity index (χ0n) is 11.5. The van der Waals surface area contributed by atoms with Crippen LogP contribution in [0.5, 0.6) is 0 Å². The van der Waals surface area contributed by atoms with Gasteiger partial charge in [-0.2, -0.15) is 13.2 Å². The van der Waals surface area contributed by atoms with Crippen LogP contribution in [0.15, 0.2) is 42.6 Å². The first kappa shape index (κ1) is 13.3. The smallest absolute Gasteiger partial charge is 0.278 e. The molecule has 22 heavy (non-hydrogen) atoms. The summed E-state index contributed by atoms with van der Waals surface area (Å²) in [4.78, 5) is 0. The van der Waals surface area contributed by atoms with Gasteiger partial charge < -0.3 is 0 Å². The van der Waals surface area contributed by atoms with Gasteiger partial charge in [-0.1, -0.05) is 24.3 Å². The van der Waals surface area contributed by atoms with E-state index in [1.165, 1.54) is 24.6 Å². The van der Waals surface area contributed by atoms with Crippen LogP contribution in [0, 0.1) is 0 Å². The number of halogens is 3. The van der Waals surface area contributed by atoms with Gasteiger partial charge in [-0.15, -0.1) is 10.2 Å². The lowest BCUT2D eigenvalue weighted by atomic mass is 10.0. The molecular weight excluding hydrogens is 291 g/mol. The lowest BCUT2D eigenvalue weighted by Crippen LogP contribution is -2.10. The van der Waals surface area contributed by atoms with Crippen molar-refractivity contribution in [2.75, 3.05) is 0 Å². The number of rotatable bonds is 2. The van der Waals surface area contributed by atoms with E-state index in [0.717, 1.165) is 9.96 Å². The third kappa shape index (κ3) is 2.24. The average molecular weight is 303 g/mol. The monoisotopic (exact) mass is 303 g/mol. The van der Waals surface area contributed by atoms with Crippen LogP contribution >= 0.6 is 0 Å². The molecule has 1 aromatic carbocycles. The Morgan fingerprint density at radius 3 is 2.23 bits per heavy atom. The van der Waals surface area contributed by atoms with Gasteiger partial charge in [0.25, 0.3) is 0 Å². The van der Waals surface area contributed by atoms with Crippen molar-refractivity contribution in [3.8, 4) is 11.1 Å². The first-order valence-corrected chi connectivity index (χ1v) is 7.05. The van der Waals surface area contributed by atoms with E-state index in [1.807, 2.05) is 24.3 Å².